The fourth-order valence-electron chi connectivity index (χ4n) is 2.93. The third kappa shape index (κ3) is 4.26. The van der Waals surface area contributed by atoms with Gasteiger partial charge in [-0.25, -0.2) is 9.37 Å². The Labute approximate surface area is 165 Å². The van der Waals surface area contributed by atoms with Gasteiger partial charge in [-0.3, -0.25) is 14.2 Å². The van der Waals surface area contributed by atoms with Gasteiger partial charge < -0.3 is 14.8 Å². The van der Waals surface area contributed by atoms with Crippen LogP contribution < -0.4 is 20.3 Å². The number of hydrogen-bond acceptors (Lipinski definition) is 5. The van der Waals surface area contributed by atoms with E-state index < -0.39 is 6.10 Å². The van der Waals surface area contributed by atoms with Gasteiger partial charge in [0, 0.05) is 24.7 Å². The maximum Gasteiger partial charge on any atom is 0.264 e. The Bertz CT molecular complexity index is 1080. The molecule has 0 fully saturated rings. The third-order valence-electron chi connectivity index (χ3n) is 4.47. The number of nitrogens with zero attached hydrogens (tertiary/aromatic N) is 2. The zero-order chi connectivity index (χ0) is 20.2. The predicted molar refractivity (Wildman–Crippen MR) is 103 cm³/mol. The van der Waals surface area contributed by atoms with Crippen molar-refractivity contribution >= 4 is 5.91 Å². The lowest BCUT2D eigenvalue weighted by atomic mass is 10.1. The van der Waals surface area contributed by atoms with Crippen molar-refractivity contribution in [2.45, 2.75) is 12.6 Å². The van der Waals surface area contributed by atoms with Gasteiger partial charge in [0.25, 0.3) is 11.5 Å². The second kappa shape index (κ2) is 8.14. The van der Waals surface area contributed by atoms with Gasteiger partial charge in [-0.15, -0.1) is 0 Å². The maximum absolute atomic E-state index is 13.0. The van der Waals surface area contributed by atoms with Crippen molar-refractivity contribution in [2.75, 3.05) is 13.2 Å². The van der Waals surface area contributed by atoms with Crippen LogP contribution >= 0.6 is 0 Å². The summed E-state index contributed by atoms with van der Waals surface area (Å²) in [6.07, 6.45) is 0.657. The molecule has 8 heteroatoms. The Morgan fingerprint density at radius 1 is 1.17 bits per heavy atom. The first kappa shape index (κ1) is 18.7. The summed E-state index contributed by atoms with van der Waals surface area (Å²) in [5.41, 5.74) is 0.847. The SMILES string of the molecule is O=C(NCCn1cnc(-c2ccc(F)cc2)cc1=O)C1COc2ccccc2O1. The molecule has 1 unspecified atom stereocenters. The molecule has 1 aliphatic heterocycles. The molecule has 2 aromatic carbocycles. The summed E-state index contributed by atoms with van der Waals surface area (Å²) in [6.45, 7) is 0.611. The van der Waals surface area contributed by atoms with Crippen molar-refractivity contribution in [1.29, 1.82) is 0 Å². The van der Waals surface area contributed by atoms with E-state index in [1.54, 1.807) is 30.3 Å². The molecule has 1 atom stereocenters. The number of aromatic nitrogens is 2. The van der Waals surface area contributed by atoms with E-state index in [1.165, 1.54) is 29.1 Å². The van der Waals surface area contributed by atoms with Crippen LogP contribution in [-0.2, 0) is 11.3 Å². The normalized spacial score (nSPS) is 15.0. The Morgan fingerprint density at radius 3 is 2.69 bits per heavy atom. The highest BCUT2D eigenvalue weighted by Gasteiger charge is 2.26. The molecule has 0 radical (unpaired) electrons. The van der Waals surface area contributed by atoms with Gasteiger partial charge in [-0.1, -0.05) is 12.1 Å². The number of carbonyl (C=O) groups excluding carboxylic acids is 1. The van der Waals surface area contributed by atoms with Crippen molar-refractivity contribution in [1.82, 2.24) is 14.9 Å². The van der Waals surface area contributed by atoms with E-state index in [-0.39, 0.29) is 37.0 Å². The summed E-state index contributed by atoms with van der Waals surface area (Å²) >= 11 is 0. The molecule has 0 spiro atoms. The highest BCUT2D eigenvalue weighted by Crippen LogP contribution is 2.30. The van der Waals surface area contributed by atoms with E-state index in [9.17, 15) is 14.0 Å². The van der Waals surface area contributed by atoms with Crippen LogP contribution in [0.15, 0.2) is 65.7 Å². The Kier molecular flexibility index (Phi) is 5.24. The second-order valence-corrected chi connectivity index (χ2v) is 6.47. The van der Waals surface area contributed by atoms with Crippen molar-refractivity contribution < 1.29 is 18.7 Å². The van der Waals surface area contributed by atoms with Gasteiger partial charge in [0.2, 0.25) is 6.10 Å². The molecule has 0 bridgehead atoms. The highest BCUT2D eigenvalue weighted by atomic mass is 19.1. The number of rotatable bonds is 5. The molecule has 4 rings (SSSR count). The molecule has 3 aromatic rings. The molecule has 0 saturated carbocycles. The van der Waals surface area contributed by atoms with E-state index in [2.05, 4.69) is 10.3 Å². The zero-order valence-electron chi connectivity index (χ0n) is 15.4. The van der Waals surface area contributed by atoms with Gasteiger partial charge in [-0.05, 0) is 36.4 Å². The number of amides is 1. The minimum absolute atomic E-state index is 0.122. The lowest BCUT2D eigenvalue weighted by molar-refractivity contribution is -0.130. The zero-order valence-corrected chi connectivity index (χ0v) is 15.4. The summed E-state index contributed by atoms with van der Waals surface area (Å²) in [5, 5.41) is 2.74. The van der Waals surface area contributed by atoms with Crippen LogP contribution in [0.25, 0.3) is 11.3 Å². The van der Waals surface area contributed by atoms with Crippen LogP contribution in [0.1, 0.15) is 0 Å². The van der Waals surface area contributed by atoms with Gasteiger partial charge in [-0.2, -0.15) is 0 Å². The number of hydrogen-bond donors (Lipinski definition) is 1. The van der Waals surface area contributed by atoms with Crippen LogP contribution in [-0.4, -0.2) is 34.7 Å². The van der Waals surface area contributed by atoms with Crippen molar-refractivity contribution in [2.24, 2.45) is 0 Å². The molecule has 0 aliphatic carbocycles. The first-order valence-electron chi connectivity index (χ1n) is 9.09. The van der Waals surface area contributed by atoms with Gasteiger partial charge in [0.1, 0.15) is 12.4 Å². The van der Waals surface area contributed by atoms with Crippen LogP contribution in [0.2, 0.25) is 0 Å². The number of fused-ring (bicyclic) bond motifs is 1. The first-order chi connectivity index (χ1) is 14.1. The average molecular weight is 395 g/mol. The second-order valence-electron chi connectivity index (χ2n) is 6.47. The minimum Gasteiger partial charge on any atom is -0.485 e. The summed E-state index contributed by atoms with van der Waals surface area (Å²) in [5.74, 6) is 0.461. The van der Waals surface area contributed by atoms with Gasteiger partial charge in [0.15, 0.2) is 11.5 Å². The maximum atomic E-state index is 13.0. The Hall–Kier alpha value is -3.68. The van der Waals surface area contributed by atoms with Gasteiger partial charge >= 0.3 is 0 Å². The Balaban J connectivity index is 1.33. The molecule has 148 valence electrons. The smallest absolute Gasteiger partial charge is 0.264 e. The van der Waals surface area contributed by atoms with E-state index in [1.807, 2.05) is 6.07 Å². The number of carbonyl (C=O) groups is 1. The van der Waals surface area contributed by atoms with E-state index >= 15 is 0 Å². The Morgan fingerprint density at radius 2 is 1.93 bits per heavy atom. The molecule has 2 heterocycles. The molecule has 1 aliphatic rings. The first-order valence-corrected chi connectivity index (χ1v) is 9.09. The highest BCUT2D eigenvalue weighted by molar-refractivity contribution is 5.81. The number of nitrogens with one attached hydrogen (secondary N) is 1. The summed E-state index contributed by atoms with van der Waals surface area (Å²) in [6, 6.07) is 14.3. The number of ether oxygens (including phenoxy) is 2. The van der Waals surface area contributed by atoms with E-state index in [4.69, 9.17) is 9.47 Å². The molecule has 1 N–H and O–H groups in total. The summed E-state index contributed by atoms with van der Waals surface area (Å²) < 4.78 is 25.6. The van der Waals surface area contributed by atoms with Crippen LogP contribution in [0, 0.1) is 5.82 Å². The topological polar surface area (TPSA) is 82.5 Å². The molecular formula is C21H18FN3O4. The largest absolute Gasteiger partial charge is 0.485 e. The molecular weight excluding hydrogens is 377 g/mol. The van der Waals surface area contributed by atoms with E-state index in [0.29, 0.717) is 22.8 Å². The standard InChI is InChI=1S/C21H18FN3O4/c22-15-7-5-14(6-8-15)16-11-20(26)25(13-24-16)10-9-23-21(27)19-12-28-17-3-1-2-4-18(17)29-19/h1-8,11,13,19H,9-10,12H2,(H,23,27). The molecule has 29 heavy (non-hydrogen) atoms. The fourth-order valence-corrected chi connectivity index (χ4v) is 2.93. The van der Waals surface area contributed by atoms with Crippen molar-refractivity contribution in [3.8, 4) is 22.8 Å². The fraction of sp³-hybridized carbons (Fsp3) is 0.190. The number of halogens is 1. The van der Waals surface area contributed by atoms with Crippen molar-refractivity contribution in [3.05, 3.63) is 77.1 Å². The third-order valence-corrected chi connectivity index (χ3v) is 4.47. The van der Waals surface area contributed by atoms with Crippen LogP contribution in [0.3, 0.4) is 0 Å². The molecule has 1 aromatic heterocycles. The monoisotopic (exact) mass is 395 g/mol. The summed E-state index contributed by atoms with van der Waals surface area (Å²) in [7, 11) is 0. The van der Waals surface area contributed by atoms with Crippen molar-refractivity contribution in [3.63, 3.8) is 0 Å². The number of benzene rings is 2. The molecule has 7 nitrogen and oxygen atoms in total. The van der Waals surface area contributed by atoms with E-state index in [0.717, 1.165) is 0 Å². The average Bonchev–Trinajstić information content (AvgIpc) is 2.75. The molecule has 0 saturated heterocycles. The predicted octanol–water partition coefficient (Wildman–Crippen LogP) is 2.01. The lowest BCUT2D eigenvalue weighted by Gasteiger charge is -2.25. The van der Waals surface area contributed by atoms with Crippen LogP contribution in [0.4, 0.5) is 4.39 Å². The quantitative estimate of drug-likeness (QED) is 0.715. The molecule has 1 amide bonds. The van der Waals surface area contributed by atoms with Crippen LogP contribution in [0.5, 0.6) is 11.5 Å². The lowest BCUT2D eigenvalue weighted by Crippen LogP contribution is -2.45. The summed E-state index contributed by atoms with van der Waals surface area (Å²) in [4.78, 5) is 28.8. The minimum atomic E-state index is -0.749. The number of para-hydroxylation sites is 2. The van der Waals surface area contributed by atoms with Gasteiger partial charge in [0.05, 0.1) is 12.0 Å².